The first-order valence-electron chi connectivity index (χ1n) is 5.46. The van der Waals surface area contributed by atoms with E-state index in [0.717, 1.165) is 9.88 Å². The van der Waals surface area contributed by atoms with Crippen LogP contribution in [-0.2, 0) is 6.54 Å². The lowest BCUT2D eigenvalue weighted by Crippen LogP contribution is -2.24. The predicted molar refractivity (Wildman–Crippen MR) is 69.2 cm³/mol. The van der Waals surface area contributed by atoms with Crippen molar-refractivity contribution >= 4 is 23.2 Å². The Morgan fingerprint density at radius 2 is 2.11 bits per heavy atom. The van der Waals surface area contributed by atoms with E-state index in [2.05, 4.69) is 15.3 Å². The maximum Gasteiger partial charge on any atom is 0.354 e. The van der Waals surface area contributed by atoms with Gasteiger partial charge in [0.1, 0.15) is 11.4 Å². The standard InChI is InChI=1S/C12H11N3O3S/c1-7-13-5-8(19-7)6-14-11(16)9-3-2-4-10(15-9)12(17)18/h2-5H,6H2,1H3,(H,14,16)(H,17,18). The van der Waals surface area contributed by atoms with Crippen LogP contribution in [0.4, 0.5) is 0 Å². The first kappa shape index (κ1) is 13.2. The number of carboxylic acid groups (broad SMARTS) is 1. The van der Waals surface area contributed by atoms with Gasteiger partial charge < -0.3 is 10.4 Å². The average Bonchev–Trinajstić information content (AvgIpc) is 2.82. The monoisotopic (exact) mass is 277 g/mol. The van der Waals surface area contributed by atoms with Crippen LogP contribution in [0.3, 0.4) is 0 Å². The minimum absolute atomic E-state index is 0.0844. The van der Waals surface area contributed by atoms with E-state index in [1.54, 1.807) is 6.20 Å². The van der Waals surface area contributed by atoms with E-state index >= 15 is 0 Å². The van der Waals surface area contributed by atoms with E-state index in [0.29, 0.717) is 6.54 Å². The predicted octanol–water partition coefficient (Wildman–Crippen LogP) is 1.47. The molecular formula is C12H11N3O3S. The number of thiazole rings is 1. The number of amides is 1. The van der Waals surface area contributed by atoms with Gasteiger partial charge in [-0.25, -0.2) is 14.8 Å². The number of nitrogens with one attached hydrogen (secondary N) is 1. The van der Waals surface area contributed by atoms with Gasteiger partial charge in [0.15, 0.2) is 0 Å². The fourth-order valence-electron chi connectivity index (χ4n) is 1.43. The van der Waals surface area contributed by atoms with Crippen LogP contribution in [0.5, 0.6) is 0 Å². The summed E-state index contributed by atoms with van der Waals surface area (Å²) >= 11 is 1.49. The number of aromatic nitrogens is 2. The topological polar surface area (TPSA) is 92.2 Å². The van der Waals surface area contributed by atoms with Gasteiger partial charge in [0.2, 0.25) is 0 Å². The number of rotatable bonds is 4. The van der Waals surface area contributed by atoms with Gasteiger partial charge in [-0.15, -0.1) is 11.3 Å². The minimum Gasteiger partial charge on any atom is -0.477 e. The molecule has 19 heavy (non-hydrogen) atoms. The normalized spacial score (nSPS) is 10.2. The molecule has 2 N–H and O–H groups in total. The summed E-state index contributed by atoms with van der Waals surface area (Å²) in [5.74, 6) is -1.57. The summed E-state index contributed by atoms with van der Waals surface area (Å²) in [5, 5.41) is 12.4. The van der Waals surface area contributed by atoms with E-state index in [4.69, 9.17) is 5.11 Å². The molecule has 0 spiro atoms. The number of carboxylic acids is 1. The number of pyridine rings is 1. The first-order valence-corrected chi connectivity index (χ1v) is 6.28. The highest BCUT2D eigenvalue weighted by Crippen LogP contribution is 2.11. The van der Waals surface area contributed by atoms with Crippen molar-refractivity contribution in [1.29, 1.82) is 0 Å². The highest BCUT2D eigenvalue weighted by atomic mass is 32.1. The molecule has 0 aliphatic rings. The molecule has 6 nitrogen and oxygen atoms in total. The Bertz CT molecular complexity index is 624. The van der Waals surface area contributed by atoms with Crippen LogP contribution in [0.2, 0.25) is 0 Å². The lowest BCUT2D eigenvalue weighted by molar-refractivity contribution is 0.0690. The van der Waals surface area contributed by atoms with Gasteiger partial charge in [0.05, 0.1) is 11.6 Å². The van der Waals surface area contributed by atoms with Gasteiger partial charge in [0.25, 0.3) is 5.91 Å². The summed E-state index contributed by atoms with van der Waals surface area (Å²) in [5.41, 5.74) is -0.0672. The van der Waals surface area contributed by atoms with Crippen LogP contribution in [0, 0.1) is 6.92 Å². The third-order valence-corrected chi connectivity index (χ3v) is 3.21. The maximum atomic E-state index is 11.8. The molecule has 1 amide bonds. The van der Waals surface area contributed by atoms with Crippen LogP contribution >= 0.6 is 11.3 Å². The van der Waals surface area contributed by atoms with Gasteiger partial charge in [0, 0.05) is 11.1 Å². The Morgan fingerprint density at radius 1 is 1.37 bits per heavy atom. The van der Waals surface area contributed by atoms with Crippen LogP contribution in [0.1, 0.15) is 30.9 Å². The van der Waals surface area contributed by atoms with Crippen molar-refractivity contribution in [2.24, 2.45) is 0 Å². The van der Waals surface area contributed by atoms with Gasteiger partial charge in [-0.2, -0.15) is 0 Å². The molecule has 2 heterocycles. The van der Waals surface area contributed by atoms with Crippen molar-refractivity contribution < 1.29 is 14.7 Å². The molecular weight excluding hydrogens is 266 g/mol. The SMILES string of the molecule is Cc1ncc(CNC(=O)c2cccc(C(=O)O)n2)s1. The molecule has 0 bridgehead atoms. The number of aromatic carboxylic acids is 1. The summed E-state index contributed by atoms with van der Waals surface area (Å²) in [6.07, 6.45) is 1.70. The second-order valence-electron chi connectivity index (χ2n) is 3.74. The zero-order valence-corrected chi connectivity index (χ0v) is 10.9. The largest absolute Gasteiger partial charge is 0.477 e. The lowest BCUT2D eigenvalue weighted by atomic mass is 10.3. The fourth-order valence-corrected chi connectivity index (χ4v) is 2.16. The van der Waals surface area contributed by atoms with Gasteiger partial charge >= 0.3 is 5.97 Å². The van der Waals surface area contributed by atoms with Crippen LogP contribution in [0.15, 0.2) is 24.4 Å². The number of aryl methyl sites for hydroxylation is 1. The molecule has 2 rings (SSSR count). The van der Waals surface area contributed by atoms with Gasteiger partial charge in [-0.05, 0) is 19.1 Å². The van der Waals surface area contributed by atoms with Crippen molar-refractivity contribution in [2.45, 2.75) is 13.5 Å². The Balaban J connectivity index is 2.03. The van der Waals surface area contributed by atoms with Crippen molar-refractivity contribution in [3.05, 3.63) is 45.7 Å². The number of hydrogen-bond acceptors (Lipinski definition) is 5. The molecule has 0 unspecified atom stereocenters. The summed E-state index contributed by atoms with van der Waals surface area (Å²) in [6.45, 7) is 2.23. The number of nitrogens with zero attached hydrogens (tertiary/aromatic N) is 2. The number of carbonyl (C=O) groups excluding carboxylic acids is 1. The van der Waals surface area contributed by atoms with E-state index in [-0.39, 0.29) is 11.4 Å². The molecule has 2 aromatic rings. The van der Waals surface area contributed by atoms with E-state index in [1.165, 1.54) is 29.5 Å². The highest BCUT2D eigenvalue weighted by Gasteiger charge is 2.11. The Hall–Kier alpha value is -2.28. The maximum absolute atomic E-state index is 11.8. The smallest absolute Gasteiger partial charge is 0.354 e. The third kappa shape index (κ3) is 3.35. The molecule has 0 aliphatic carbocycles. The highest BCUT2D eigenvalue weighted by molar-refractivity contribution is 7.11. The van der Waals surface area contributed by atoms with Crippen LogP contribution in [0.25, 0.3) is 0 Å². The zero-order chi connectivity index (χ0) is 13.8. The minimum atomic E-state index is -1.16. The summed E-state index contributed by atoms with van der Waals surface area (Å²) in [7, 11) is 0. The van der Waals surface area contributed by atoms with E-state index in [9.17, 15) is 9.59 Å². The quantitative estimate of drug-likeness (QED) is 0.883. The molecule has 0 aliphatic heterocycles. The van der Waals surface area contributed by atoms with E-state index in [1.807, 2.05) is 6.92 Å². The zero-order valence-electron chi connectivity index (χ0n) is 10.1. The Morgan fingerprint density at radius 3 is 2.74 bits per heavy atom. The van der Waals surface area contributed by atoms with Crippen molar-refractivity contribution in [2.75, 3.05) is 0 Å². The molecule has 0 aromatic carbocycles. The number of hydrogen-bond donors (Lipinski definition) is 2. The van der Waals surface area contributed by atoms with Gasteiger partial charge in [-0.1, -0.05) is 6.07 Å². The summed E-state index contributed by atoms with van der Waals surface area (Å²) in [4.78, 5) is 31.3. The average molecular weight is 277 g/mol. The van der Waals surface area contributed by atoms with Crippen LogP contribution in [-0.4, -0.2) is 27.0 Å². The number of carbonyl (C=O) groups is 2. The summed E-state index contributed by atoms with van der Waals surface area (Å²) in [6, 6.07) is 4.30. The first-order chi connectivity index (χ1) is 9.06. The van der Waals surface area contributed by atoms with Crippen LogP contribution < -0.4 is 5.32 Å². The molecule has 7 heteroatoms. The van der Waals surface area contributed by atoms with Gasteiger partial charge in [-0.3, -0.25) is 4.79 Å². The molecule has 2 aromatic heterocycles. The second-order valence-corrected chi connectivity index (χ2v) is 5.06. The third-order valence-electron chi connectivity index (χ3n) is 2.29. The lowest BCUT2D eigenvalue weighted by Gasteiger charge is -2.03. The molecule has 0 saturated carbocycles. The molecule has 0 saturated heterocycles. The molecule has 0 radical (unpaired) electrons. The Labute approximate surface area is 113 Å². The Kier molecular flexibility index (Phi) is 3.86. The fraction of sp³-hybridized carbons (Fsp3) is 0.167. The molecule has 98 valence electrons. The summed E-state index contributed by atoms with van der Waals surface area (Å²) < 4.78 is 0. The molecule has 0 atom stereocenters. The van der Waals surface area contributed by atoms with Crippen molar-refractivity contribution in [3.63, 3.8) is 0 Å². The van der Waals surface area contributed by atoms with Crippen molar-refractivity contribution in [1.82, 2.24) is 15.3 Å². The second kappa shape index (κ2) is 5.57. The molecule has 0 fully saturated rings. The van der Waals surface area contributed by atoms with Crippen molar-refractivity contribution in [3.8, 4) is 0 Å². The van der Waals surface area contributed by atoms with E-state index < -0.39 is 11.9 Å².